The van der Waals surface area contributed by atoms with Gasteiger partial charge < -0.3 is 10.1 Å². The van der Waals surface area contributed by atoms with Gasteiger partial charge in [-0.05, 0) is 48.8 Å². The number of ether oxygens (including phenoxy) is 1. The van der Waals surface area contributed by atoms with Crippen LogP contribution in [-0.2, 0) is 0 Å². The monoisotopic (exact) mass is 313 g/mol. The van der Waals surface area contributed by atoms with E-state index in [1.165, 1.54) is 19.3 Å². The van der Waals surface area contributed by atoms with E-state index in [4.69, 9.17) is 27.9 Å². The maximum atomic E-state index is 6.46. The molecule has 2 saturated carbocycles. The quantitative estimate of drug-likeness (QED) is 0.850. The van der Waals surface area contributed by atoms with Crippen LogP contribution < -0.4 is 10.1 Å². The Hall–Kier alpha value is -0.440. The zero-order chi connectivity index (χ0) is 14.3. The molecule has 0 amide bonds. The number of hydrogen-bond donors (Lipinski definition) is 1. The van der Waals surface area contributed by atoms with Crippen LogP contribution in [0.2, 0.25) is 10.0 Å². The number of methoxy groups -OCH3 is 1. The summed E-state index contributed by atoms with van der Waals surface area (Å²) in [4.78, 5) is 0. The van der Waals surface area contributed by atoms with Crippen LogP contribution in [0.1, 0.15) is 37.8 Å². The van der Waals surface area contributed by atoms with E-state index in [1.54, 1.807) is 7.11 Å². The van der Waals surface area contributed by atoms with Crippen LogP contribution in [0, 0.1) is 17.8 Å². The van der Waals surface area contributed by atoms with Crippen LogP contribution >= 0.6 is 23.2 Å². The molecular formula is C16H21Cl2NO. The zero-order valence-corrected chi connectivity index (χ0v) is 13.5. The van der Waals surface area contributed by atoms with Gasteiger partial charge in [0.1, 0.15) is 5.75 Å². The fourth-order valence-electron chi connectivity index (χ4n) is 3.98. The molecule has 0 spiro atoms. The first-order valence-electron chi connectivity index (χ1n) is 7.43. The van der Waals surface area contributed by atoms with Gasteiger partial charge in [-0.3, -0.25) is 0 Å². The molecule has 2 aliphatic carbocycles. The lowest BCUT2D eigenvalue weighted by atomic mass is 9.96. The summed E-state index contributed by atoms with van der Waals surface area (Å²) in [6.07, 6.45) is 4.14. The summed E-state index contributed by atoms with van der Waals surface area (Å²) in [5, 5.41) is 5.00. The number of benzene rings is 1. The van der Waals surface area contributed by atoms with Gasteiger partial charge in [0.2, 0.25) is 0 Å². The lowest BCUT2D eigenvalue weighted by molar-refractivity contribution is 0.411. The number of halogens is 2. The first-order valence-corrected chi connectivity index (χ1v) is 8.19. The summed E-state index contributed by atoms with van der Waals surface area (Å²) in [6, 6.07) is 4.14. The van der Waals surface area contributed by atoms with Crippen molar-refractivity contribution >= 4 is 23.2 Å². The molecule has 20 heavy (non-hydrogen) atoms. The Labute approximate surface area is 130 Å². The minimum absolute atomic E-state index is 0.325. The third-order valence-electron chi connectivity index (χ3n) is 4.89. The summed E-state index contributed by atoms with van der Waals surface area (Å²) in [6.45, 7) is 3.09. The van der Waals surface area contributed by atoms with Gasteiger partial charge in [-0.2, -0.15) is 0 Å². The summed E-state index contributed by atoms with van der Waals surface area (Å²) in [5.41, 5.74) is 1.12. The van der Waals surface area contributed by atoms with Gasteiger partial charge in [-0.15, -0.1) is 0 Å². The summed E-state index contributed by atoms with van der Waals surface area (Å²) >= 11 is 12.7. The minimum atomic E-state index is 0.325. The molecule has 0 saturated heterocycles. The molecule has 1 aromatic carbocycles. The number of hydrogen-bond acceptors (Lipinski definition) is 2. The fourth-order valence-corrected chi connectivity index (χ4v) is 4.50. The van der Waals surface area contributed by atoms with Gasteiger partial charge in [0.15, 0.2) is 0 Å². The van der Waals surface area contributed by atoms with Crippen molar-refractivity contribution in [1.29, 1.82) is 0 Å². The van der Waals surface area contributed by atoms with Gasteiger partial charge in [0, 0.05) is 17.1 Å². The van der Waals surface area contributed by atoms with Crippen LogP contribution in [0.5, 0.6) is 5.75 Å². The molecule has 1 aromatic rings. The van der Waals surface area contributed by atoms with Crippen molar-refractivity contribution in [3.05, 3.63) is 27.7 Å². The highest BCUT2D eigenvalue weighted by molar-refractivity contribution is 6.34. The van der Waals surface area contributed by atoms with Gasteiger partial charge in [0.25, 0.3) is 0 Å². The standard InChI is InChI=1S/C16H21Cl2NO/c1-3-19-16(15-9-5-4-6-10(9)15)11-7-13(18)14(20-2)8-12(11)17/h7-10,15-16,19H,3-6H2,1-2H3. The molecule has 0 radical (unpaired) electrons. The van der Waals surface area contributed by atoms with E-state index in [9.17, 15) is 0 Å². The molecule has 4 heteroatoms. The van der Waals surface area contributed by atoms with Gasteiger partial charge >= 0.3 is 0 Å². The Morgan fingerprint density at radius 2 is 1.95 bits per heavy atom. The lowest BCUT2D eigenvalue weighted by Crippen LogP contribution is -2.24. The molecule has 3 atom stereocenters. The Kier molecular flexibility index (Phi) is 4.16. The second-order valence-electron chi connectivity index (χ2n) is 5.88. The minimum Gasteiger partial charge on any atom is -0.495 e. The van der Waals surface area contributed by atoms with Crippen molar-refractivity contribution in [2.75, 3.05) is 13.7 Å². The maximum Gasteiger partial charge on any atom is 0.138 e. The molecule has 0 aliphatic heterocycles. The second-order valence-corrected chi connectivity index (χ2v) is 6.69. The van der Waals surface area contributed by atoms with Crippen LogP contribution in [0.3, 0.4) is 0 Å². The van der Waals surface area contributed by atoms with Crippen molar-refractivity contribution in [2.45, 2.75) is 32.2 Å². The van der Waals surface area contributed by atoms with Crippen molar-refractivity contribution in [3.63, 3.8) is 0 Å². The molecule has 2 aliphatic rings. The van der Waals surface area contributed by atoms with E-state index in [0.717, 1.165) is 34.9 Å². The lowest BCUT2D eigenvalue weighted by Gasteiger charge is -2.22. The Bertz CT molecular complexity index is 495. The van der Waals surface area contributed by atoms with Crippen molar-refractivity contribution in [1.82, 2.24) is 5.32 Å². The smallest absolute Gasteiger partial charge is 0.138 e. The Balaban J connectivity index is 1.90. The van der Waals surface area contributed by atoms with Crippen LogP contribution in [0.15, 0.2) is 12.1 Å². The fraction of sp³-hybridized carbons (Fsp3) is 0.625. The first-order chi connectivity index (χ1) is 9.67. The van der Waals surface area contributed by atoms with E-state index in [2.05, 4.69) is 12.2 Å². The molecule has 3 rings (SSSR count). The van der Waals surface area contributed by atoms with E-state index in [0.29, 0.717) is 16.8 Å². The van der Waals surface area contributed by atoms with Crippen molar-refractivity contribution < 1.29 is 4.74 Å². The third-order valence-corrected chi connectivity index (χ3v) is 5.51. The van der Waals surface area contributed by atoms with Crippen LogP contribution in [0.25, 0.3) is 0 Å². The highest BCUT2D eigenvalue weighted by Crippen LogP contribution is 2.62. The van der Waals surface area contributed by atoms with Crippen LogP contribution in [0.4, 0.5) is 0 Å². The van der Waals surface area contributed by atoms with Crippen molar-refractivity contribution in [2.24, 2.45) is 17.8 Å². The Morgan fingerprint density at radius 1 is 1.25 bits per heavy atom. The molecule has 0 bridgehead atoms. The van der Waals surface area contributed by atoms with Crippen molar-refractivity contribution in [3.8, 4) is 5.75 Å². The largest absolute Gasteiger partial charge is 0.495 e. The number of nitrogens with one attached hydrogen (secondary N) is 1. The SMILES string of the molecule is CCNC(c1cc(Cl)c(OC)cc1Cl)C1C2CCCC21. The molecule has 110 valence electrons. The van der Waals surface area contributed by atoms with Gasteiger partial charge in [-0.25, -0.2) is 0 Å². The molecule has 1 N–H and O–H groups in total. The summed E-state index contributed by atoms with van der Waals surface area (Å²) in [7, 11) is 1.62. The highest BCUT2D eigenvalue weighted by Gasteiger charge is 2.56. The molecular weight excluding hydrogens is 293 g/mol. The van der Waals surface area contributed by atoms with E-state index in [1.807, 2.05) is 12.1 Å². The third kappa shape index (κ3) is 2.43. The average Bonchev–Trinajstić information content (AvgIpc) is 2.90. The highest BCUT2D eigenvalue weighted by atomic mass is 35.5. The molecule has 0 heterocycles. The predicted molar refractivity (Wildman–Crippen MR) is 83.8 cm³/mol. The number of rotatable bonds is 5. The van der Waals surface area contributed by atoms with Crippen LogP contribution in [-0.4, -0.2) is 13.7 Å². The van der Waals surface area contributed by atoms with Gasteiger partial charge in [0.05, 0.1) is 12.1 Å². The average molecular weight is 314 g/mol. The molecule has 0 aromatic heterocycles. The molecule has 2 fully saturated rings. The van der Waals surface area contributed by atoms with E-state index < -0.39 is 0 Å². The second kappa shape index (κ2) is 5.75. The first kappa shape index (κ1) is 14.5. The normalized spacial score (nSPS) is 29.1. The van der Waals surface area contributed by atoms with Gasteiger partial charge in [-0.1, -0.05) is 36.5 Å². The molecule has 2 nitrogen and oxygen atoms in total. The summed E-state index contributed by atoms with van der Waals surface area (Å²) in [5.74, 6) is 3.14. The predicted octanol–water partition coefficient (Wildman–Crippen LogP) is 4.70. The zero-order valence-electron chi connectivity index (χ0n) is 12.0. The topological polar surface area (TPSA) is 21.3 Å². The van der Waals surface area contributed by atoms with E-state index >= 15 is 0 Å². The Morgan fingerprint density at radius 3 is 2.55 bits per heavy atom. The maximum absolute atomic E-state index is 6.46. The molecule has 3 unspecified atom stereocenters. The number of fused-ring (bicyclic) bond motifs is 1. The van der Waals surface area contributed by atoms with E-state index in [-0.39, 0.29) is 0 Å². The summed E-state index contributed by atoms with van der Waals surface area (Å²) < 4.78 is 5.23.